The Hall–Kier alpha value is -1.59. The van der Waals surface area contributed by atoms with E-state index in [0.717, 1.165) is 11.3 Å². The van der Waals surface area contributed by atoms with Crippen LogP contribution in [-0.2, 0) is 4.79 Å². The molecule has 21 heavy (non-hydrogen) atoms. The molecule has 0 spiro atoms. The number of para-hydroxylation sites is 1. The summed E-state index contributed by atoms with van der Waals surface area (Å²) in [5, 5.41) is 6.12. The van der Waals surface area contributed by atoms with E-state index in [1.807, 2.05) is 24.3 Å². The van der Waals surface area contributed by atoms with Gasteiger partial charge in [0.1, 0.15) is 5.82 Å². The SMILES string of the molecule is O=C(Nc1c(Cl)cc(F)cc1Br)C1CNc2ccccc21. The van der Waals surface area contributed by atoms with Crippen LogP contribution in [0.4, 0.5) is 15.8 Å². The molecule has 1 unspecified atom stereocenters. The number of nitrogens with one attached hydrogen (secondary N) is 2. The maximum atomic E-state index is 13.2. The van der Waals surface area contributed by atoms with Crippen LogP contribution >= 0.6 is 27.5 Å². The van der Waals surface area contributed by atoms with Crippen LogP contribution in [0, 0.1) is 5.82 Å². The van der Waals surface area contributed by atoms with Gasteiger partial charge in [0.05, 0.1) is 16.6 Å². The minimum atomic E-state index is -0.460. The number of fused-ring (bicyclic) bond motifs is 1. The summed E-state index contributed by atoms with van der Waals surface area (Å²) in [7, 11) is 0. The van der Waals surface area contributed by atoms with Gasteiger partial charge in [-0.3, -0.25) is 4.79 Å². The van der Waals surface area contributed by atoms with Crippen LogP contribution in [0.5, 0.6) is 0 Å². The third-order valence-corrected chi connectivity index (χ3v) is 4.33. The van der Waals surface area contributed by atoms with E-state index < -0.39 is 5.82 Å². The number of carbonyl (C=O) groups excluding carboxylic acids is 1. The monoisotopic (exact) mass is 368 g/mol. The topological polar surface area (TPSA) is 41.1 Å². The molecule has 2 aromatic carbocycles. The van der Waals surface area contributed by atoms with Crippen molar-refractivity contribution >= 4 is 44.8 Å². The number of hydrogen-bond acceptors (Lipinski definition) is 2. The van der Waals surface area contributed by atoms with E-state index in [1.54, 1.807) is 0 Å². The van der Waals surface area contributed by atoms with Gasteiger partial charge in [0.2, 0.25) is 5.91 Å². The standard InChI is InChI=1S/C15H11BrClFN2O/c16-11-5-8(18)6-12(17)14(11)20-15(21)10-7-19-13-4-2-1-3-9(10)13/h1-6,10,19H,7H2,(H,20,21). The molecule has 0 radical (unpaired) electrons. The first-order valence-corrected chi connectivity index (χ1v) is 7.51. The second-order valence-electron chi connectivity index (χ2n) is 4.75. The predicted molar refractivity (Wildman–Crippen MR) is 85.4 cm³/mol. The molecular formula is C15H11BrClFN2O. The Labute approximate surface area is 134 Å². The number of benzene rings is 2. The summed E-state index contributed by atoms with van der Waals surface area (Å²) in [5.41, 5.74) is 2.29. The van der Waals surface area contributed by atoms with Gasteiger partial charge in [-0.05, 0) is 39.7 Å². The Kier molecular flexibility index (Phi) is 3.87. The van der Waals surface area contributed by atoms with Gasteiger partial charge in [-0.25, -0.2) is 4.39 Å². The highest BCUT2D eigenvalue weighted by atomic mass is 79.9. The highest BCUT2D eigenvalue weighted by molar-refractivity contribution is 9.10. The Balaban J connectivity index is 1.86. The Morgan fingerprint density at radius 1 is 1.38 bits per heavy atom. The minimum Gasteiger partial charge on any atom is -0.384 e. The molecular weight excluding hydrogens is 359 g/mol. The molecule has 1 amide bonds. The van der Waals surface area contributed by atoms with E-state index in [0.29, 0.717) is 16.7 Å². The molecule has 0 saturated carbocycles. The molecule has 1 aliphatic heterocycles. The van der Waals surface area contributed by atoms with Crippen LogP contribution in [-0.4, -0.2) is 12.5 Å². The third kappa shape index (κ3) is 2.76. The summed E-state index contributed by atoms with van der Waals surface area (Å²) in [6, 6.07) is 10.1. The average molecular weight is 370 g/mol. The Morgan fingerprint density at radius 2 is 2.14 bits per heavy atom. The molecule has 3 rings (SSSR count). The maximum absolute atomic E-state index is 13.2. The summed E-state index contributed by atoms with van der Waals surface area (Å²) in [4.78, 5) is 12.4. The molecule has 1 atom stereocenters. The lowest BCUT2D eigenvalue weighted by molar-refractivity contribution is -0.117. The van der Waals surface area contributed by atoms with E-state index in [4.69, 9.17) is 11.6 Å². The predicted octanol–water partition coefficient (Wildman–Crippen LogP) is 4.39. The summed E-state index contributed by atoms with van der Waals surface area (Å²) in [6.45, 7) is 0.529. The number of anilines is 2. The van der Waals surface area contributed by atoms with Crippen LogP contribution in [0.3, 0.4) is 0 Å². The second-order valence-corrected chi connectivity index (χ2v) is 6.02. The molecule has 1 aliphatic rings. The highest BCUT2D eigenvalue weighted by Gasteiger charge is 2.28. The molecule has 3 nitrogen and oxygen atoms in total. The van der Waals surface area contributed by atoms with Gasteiger partial charge < -0.3 is 10.6 Å². The summed E-state index contributed by atoms with van der Waals surface area (Å²) < 4.78 is 13.6. The van der Waals surface area contributed by atoms with Gasteiger partial charge in [-0.1, -0.05) is 29.8 Å². The summed E-state index contributed by atoms with van der Waals surface area (Å²) in [5.74, 6) is -0.936. The van der Waals surface area contributed by atoms with Crippen molar-refractivity contribution in [1.29, 1.82) is 0 Å². The number of carbonyl (C=O) groups is 1. The molecule has 6 heteroatoms. The zero-order chi connectivity index (χ0) is 15.0. The zero-order valence-corrected chi connectivity index (χ0v) is 13.1. The van der Waals surface area contributed by atoms with E-state index in [9.17, 15) is 9.18 Å². The smallest absolute Gasteiger partial charge is 0.233 e. The quantitative estimate of drug-likeness (QED) is 0.824. The molecule has 0 aromatic heterocycles. The van der Waals surface area contributed by atoms with E-state index in [2.05, 4.69) is 26.6 Å². The van der Waals surface area contributed by atoms with E-state index >= 15 is 0 Å². The van der Waals surface area contributed by atoms with Crippen molar-refractivity contribution in [2.24, 2.45) is 0 Å². The molecule has 1 heterocycles. The molecule has 2 N–H and O–H groups in total. The first-order valence-electron chi connectivity index (χ1n) is 6.34. The summed E-state index contributed by atoms with van der Waals surface area (Å²) in [6.07, 6.45) is 0. The van der Waals surface area contributed by atoms with Crippen LogP contribution < -0.4 is 10.6 Å². The Bertz CT molecular complexity index is 700. The lowest BCUT2D eigenvalue weighted by Gasteiger charge is -2.14. The van der Waals surface area contributed by atoms with Crippen molar-refractivity contribution < 1.29 is 9.18 Å². The van der Waals surface area contributed by atoms with E-state index in [-0.39, 0.29) is 16.8 Å². The van der Waals surface area contributed by atoms with Crippen LogP contribution in [0.1, 0.15) is 11.5 Å². The molecule has 108 valence electrons. The van der Waals surface area contributed by atoms with Crippen molar-refractivity contribution in [3.05, 3.63) is 57.3 Å². The number of halogens is 3. The number of amides is 1. The molecule has 0 bridgehead atoms. The van der Waals surface area contributed by atoms with Gasteiger partial charge in [0.15, 0.2) is 0 Å². The highest BCUT2D eigenvalue weighted by Crippen LogP contribution is 2.35. The fourth-order valence-corrected chi connectivity index (χ4v) is 3.29. The molecule has 2 aromatic rings. The normalized spacial score (nSPS) is 16.2. The molecule has 0 aliphatic carbocycles. The first-order chi connectivity index (χ1) is 10.1. The number of rotatable bonds is 2. The van der Waals surface area contributed by atoms with Gasteiger partial charge >= 0.3 is 0 Å². The fraction of sp³-hybridized carbons (Fsp3) is 0.133. The first kappa shape index (κ1) is 14.4. The van der Waals surface area contributed by atoms with Gasteiger partial charge in [0.25, 0.3) is 0 Å². The second kappa shape index (κ2) is 5.66. The van der Waals surface area contributed by atoms with Crippen molar-refractivity contribution in [3.8, 4) is 0 Å². The largest absolute Gasteiger partial charge is 0.384 e. The fourth-order valence-electron chi connectivity index (χ4n) is 2.39. The molecule has 0 fully saturated rings. The third-order valence-electron chi connectivity index (χ3n) is 3.40. The Morgan fingerprint density at radius 3 is 2.90 bits per heavy atom. The lowest BCUT2D eigenvalue weighted by Crippen LogP contribution is -2.23. The maximum Gasteiger partial charge on any atom is 0.233 e. The minimum absolute atomic E-state index is 0.162. The van der Waals surface area contributed by atoms with E-state index in [1.165, 1.54) is 12.1 Å². The average Bonchev–Trinajstić information content (AvgIpc) is 2.86. The molecule has 0 saturated heterocycles. The van der Waals surface area contributed by atoms with Crippen LogP contribution in [0.25, 0.3) is 0 Å². The van der Waals surface area contributed by atoms with Gasteiger partial charge in [0, 0.05) is 16.7 Å². The van der Waals surface area contributed by atoms with Crippen molar-refractivity contribution in [3.63, 3.8) is 0 Å². The number of hydrogen-bond donors (Lipinski definition) is 2. The van der Waals surface area contributed by atoms with Crippen molar-refractivity contribution in [2.75, 3.05) is 17.2 Å². The van der Waals surface area contributed by atoms with Crippen molar-refractivity contribution in [1.82, 2.24) is 0 Å². The summed E-state index contributed by atoms with van der Waals surface area (Å²) >= 11 is 9.20. The van der Waals surface area contributed by atoms with Gasteiger partial charge in [-0.15, -0.1) is 0 Å². The van der Waals surface area contributed by atoms with Crippen LogP contribution in [0.15, 0.2) is 40.9 Å². The zero-order valence-electron chi connectivity index (χ0n) is 10.8. The lowest BCUT2D eigenvalue weighted by atomic mass is 10.0. The van der Waals surface area contributed by atoms with Crippen molar-refractivity contribution in [2.45, 2.75) is 5.92 Å². The van der Waals surface area contributed by atoms with Gasteiger partial charge in [-0.2, -0.15) is 0 Å². The van der Waals surface area contributed by atoms with Crippen LogP contribution in [0.2, 0.25) is 5.02 Å².